The molecule has 0 atom stereocenters. The summed E-state index contributed by atoms with van der Waals surface area (Å²) in [5, 5.41) is 0. The molecule has 56 valence electrons. The Kier molecular flexibility index (Phi) is 2.92. The van der Waals surface area contributed by atoms with Crippen LogP contribution < -0.4 is 18.9 Å². The van der Waals surface area contributed by atoms with Crippen LogP contribution in [0.2, 0.25) is 0 Å². The van der Waals surface area contributed by atoms with Crippen LogP contribution in [0.1, 0.15) is 12.6 Å². The minimum Gasteiger partial charge on any atom is -1.00 e. The van der Waals surface area contributed by atoms with Crippen molar-refractivity contribution >= 4 is 11.9 Å². The van der Waals surface area contributed by atoms with E-state index in [-0.39, 0.29) is 26.1 Å². The van der Waals surface area contributed by atoms with Gasteiger partial charge in [0.2, 0.25) is 0 Å². The number of carbonyl (C=O) groups is 1. The van der Waals surface area contributed by atoms with Gasteiger partial charge in [0.25, 0.3) is 0 Å². The number of allylic oxidation sites excluding steroid dienone is 1. The van der Waals surface area contributed by atoms with E-state index in [1.807, 2.05) is 30.3 Å². The Hall–Kier alpha value is -0.773. The van der Waals surface area contributed by atoms with Gasteiger partial charge in [-0.25, -0.2) is 0 Å². The Morgan fingerprint density at radius 1 is 1.17 bits per heavy atom. The molecule has 0 spiro atoms. The molecule has 0 N–H and O–H groups in total. The molecule has 2 heteroatoms. The Morgan fingerprint density at radius 3 is 2.75 bits per heavy atom. The average Bonchev–Trinajstić information content (AvgIpc) is 2.04. The fraction of sp³-hybridized carbons (Fsp3) is 0.100. The maximum atomic E-state index is 10.9. The number of benzene rings is 1. The molecule has 1 aliphatic carbocycles. The first-order valence-electron chi connectivity index (χ1n) is 3.65. The quantitative estimate of drug-likeness (QED) is 0.433. The van der Waals surface area contributed by atoms with E-state index in [0.29, 0.717) is 6.42 Å². The van der Waals surface area contributed by atoms with Crippen LogP contribution in [0.25, 0.3) is 6.08 Å². The summed E-state index contributed by atoms with van der Waals surface area (Å²) in [7, 11) is 0. The van der Waals surface area contributed by atoms with Crippen molar-refractivity contribution in [2.75, 3.05) is 0 Å². The van der Waals surface area contributed by atoms with Gasteiger partial charge < -0.3 is 1.43 Å². The fourth-order valence-electron chi connectivity index (χ4n) is 1.29. The molecule has 1 aliphatic rings. The van der Waals surface area contributed by atoms with Crippen LogP contribution in [0.4, 0.5) is 0 Å². The van der Waals surface area contributed by atoms with E-state index in [1.54, 1.807) is 6.08 Å². The van der Waals surface area contributed by atoms with E-state index in [1.165, 1.54) is 5.56 Å². The van der Waals surface area contributed by atoms with Crippen LogP contribution in [0.3, 0.4) is 0 Å². The van der Waals surface area contributed by atoms with Gasteiger partial charge in [-0.15, -0.1) is 0 Å². The van der Waals surface area contributed by atoms with Crippen LogP contribution >= 0.6 is 0 Å². The van der Waals surface area contributed by atoms with Crippen LogP contribution in [-0.4, -0.2) is 5.78 Å². The molecule has 1 aromatic rings. The summed E-state index contributed by atoms with van der Waals surface area (Å²) in [6, 6.07) is 7.97. The summed E-state index contributed by atoms with van der Waals surface area (Å²) in [6.07, 6.45) is 4.08. The number of ketones is 1. The van der Waals surface area contributed by atoms with Crippen molar-refractivity contribution in [3.05, 3.63) is 41.5 Å². The molecule has 0 fully saturated rings. The SMILES string of the molecule is O=C1C=Cc2ccccc2C1.[H-].[Li+]. The second-order valence-corrected chi connectivity index (χ2v) is 2.68. The Labute approximate surface area is 85.1 Å². The van der Waals surface area contributed by atoms with Gasteiger partial charge in [0.05, 0.1) is 0 Å². The van der Waals surface area contributed by atoms with E-state index in [2.05, 4.69) is 0 Å². The van der Waals surface area contributed by atoms with E-state index in [0.717, 1.165) is 5.56 Å². The maximum absolute atomic E-state index is 10.9. The first-order chi connectivity index (χ1) is 5.36. The molecule has 12 heavy (non-hydrogen) atoms. The fourth-order valence-corrected chi connectivity index (χ4v) is 1.29. The molecule has 0 bridgehead atoms. The summed E-state index contributed by atoms with van der Waals surface area (Å²) >= 11 is 0. The van der Waals surface area contributed by atoms with Crippen LogP contribution in [0.5, 0.6) is 0 Å². The molecule has 1 aromatic carbocycles. The molecule has 0 unspecified atom stereocenters. The zero-order valence-corrected chi connectivity index (χ0v) is 7.08. The number of fused-ring (bicyclic) bond motifs is 1. The number of hydrogen-bond acceptors (Lipinski definition) is 1. The summed E-state index contributed by atoms with van der Waals surface area (Å²) in [5.74, 6) is 0.198. The average molecular weight is 152 g/mol. The van der Waals surface area contributed by atoms with Crippen molar-refractivity contribution in [2.45, 2.75) is 6.42 Å². The monoisotopic (exact) mass is 152 g/mol. The first-order valence-corrected chi connectivity index (χ1v) is 3.65. The van der Waals surface area contributed by atoms with E-state index < -0.39 is 0 Å². The smallest absolute Gasteiger partial charge is 1.00 e. The Balaban J connectivity index is 0.000000720. The number of rotatable bonds is 0. The van der Waals surface area contributed by atoms with Gasteiger partial charge >= 0.3 is 18.9 Å². The molecule has 0 heterocycles. The third-order valence-corrected chi connectivity index (χ3v) is 1.87. The topological polar surface area (TPSA) is 17.1 Å². The molecule has 0 radical (unpaired) electrons. The minimum absolute atomic E-state index is 0. The van der Waals surface area contributed by atoms with Crippen molar-refractivity contribution < 1.29 is 25.1 Å². The zero-order chi connectivity index (χ0) is 7.68. The van der Waals surface area contributed by atoms with Crippen LogP contribution in [0, 0.1) is 0 Å². The Bertz CT molecular complexity index is 333. The third-order valence-electron chi connectivity index (χ3n) is 1.87. The van der Waals surface area contributed by atoms with Crippen molar-refractivity contribution in [3.8, 4) is 0 Å². The standard InChI is InChI=1S/C10H8O.Li.H/c11-10-6-5-8-3-1-2-4-9(8)7-10;;/h1-6H,7H2;;/q;+1;-1. The van der Waals surface area contributed by atoms with Crippen molar-refractivity contribution in [3.63, 3.8) is 0 Å². The van der Waals surface area contributed by atoms with Gasteiger partial charge in [-0.1, -0.05) is 30.3 Å². The second kappa shape index (κ2) is 3.76. The van der Waals surface area contributed by atoms with E-state index in [4.69, 9.17) is 0 Å². The molecular formula is C10H9LiO. The molecule has 0 saturated carbocycles. The van der Waals surface area contributed by atoms with Crippen molar-refractivity contribution in [2.24, 2.45) is 0 Å². The molecular weight excluding hydrogens is 143 g/mol. The first kappa shape index (κ1) is 9.32. The number of hydrogen-bond donors (Lipinski definition) is 0. The second-order valence-electron chi connectivity index (χ2n) is 2.68. The summed E-state index contributed by atoms with van der Waals surface area (Å²) < 4.78 is 0. The maximum Gasteiger partial charge on any atom is 1.00 e. The summed E-state index contributed by atoms with van der Waals surface area (Å²) in [5.41, 5.74) is 2.31. The summed E-state index contributed by atoms with van der Waals surface area (Å²) in [6.45, 7) is 0. The minimum atomic E-state index is 0. The van der Waals surface area contributed by atoms with E-state index >= 15 is 0 Å². The largest absolute Gasteiger partial charge is 1.00 e. The van der Waals surface area contributed by atoms with Gasteiger partial charge in [-0.05, 0) is 17.2 Å². The molecule has 0 aromatic heterocycles. The van der Waals surface area contributed by atoms with Gasteiger partial charge in [0.15, 0.2) is 5.78 Å². The molecule has 0 aliphatic heterocycles. The molecule has 1 nitrogen and oxygen atoms in total. The molecule has 0 saturated heterocycles. The molecule has 2 rings (SSSR count). The predicted octanol–water partition coefficient (Wildman–Crippen LogP) is -1.06. The van der Waals surface area contributed by atoms with Gasteiger partial charge in [0, 0.05) is 6.42 Å². The number of carbonyl (C=O) groups excluding carboxylic acids is 1. The Morgan fingerprint density at radius 2 is 1.92 bits per heavy atom. The van der Waals surface area contributed by atoms with E-state index in [9.17, 15) is 4.79 Å². The molecule has 0 amide bonds. The van der Waals surface area contributed by atoms with Crippen molar-refractivity contribution in [1.29, 1.82) is 0 Å². The van der Waals surface area contributed by atoms with Crippen molar-refractivity contribution in [1.82, 2.24) is 0 Å². The zero-order valence-electron chi connectivity index (χ0n) is 8.08. The predicted molar refractivity (Wildman–Crippen MR) is 45.3 cm³/mol. The van der Waals surface area contributed by atoms with Crippen LogP contribution in [-0.2, 0) is 11.2 Å². The normalized spacial score (nSPS) is 13.5. The van der Waals surface area contributed by atoms with Gasteiger partial charge in [-0.3, -0.25) is 4.79 Å². The van der Waals surface area contributed by atoms with Crippen LogP contribution in [0.15, 0.2) is 30.3 Å². The van der Waals surface area contributed by atoms with Gasteiger partial charge in [-0.2, -0.15) is 0 Å². The summed E-state index contributed by atoms with van der Waals surface area (Å²) in [4.78, 5) is 10.9. The van der Waals surface area contributed by atoms with Gasteiger partial charge in [0.1, 0.15) is 0 Å². The third kappa shape index (κ3) is 1.69.